The van der Waals surface area contributed by atoms with Gasteiger partial charge in [-0.05, 0) is 59.2 Å². The van der Waals surface area contributed by atoms with E-state index in [2.05, 4.69) is 69.2 Å². The Kier molecular flexibility index (Phi) is 11.0. The first-order valence-electron chi connectivity index (χ1n) is 7.50. The van der Waals surface area contributed by atoms with E-state index in [1.807, 2.05) is 0 Å². The molecule has 2 saturated carbocycles. The van der Waals surface area contributed by atoms with Crippen molar-refractivity contribution in [1.82, 2.24) is 0 Å². The van der Waals surface area contributed by atoms with Crippen molar-refractivity contribution in [1.29, 1.82) is 0 Å². The second-order valence-corrected chi connectivity index (χ2v) is 6.25. The molecule has 0 aromatic heterocycles. The van der Waals surface area contributed by atoms with Crippen molar-refractivity contribution in [3.05, 3.63) is 66.6 Å². The minimum atomic E-state index is 0. The van der Waals surface area contributed by atoms with Gasteiger partial charge in [0.15, 0.2) is 0 Å². The van der Waals surface area contributed by atoms with Crippen LogP contribution in [-0.4, -0.2) is 0 Å². The Balaban J connectivity index is 0. The van der Waals surface area contributed by atoms with Gasteiger partial charge in [0.2, 0.25) is 0 Å². The molecular formula is C21H33V-. The SMILES string of the molecule is C[C]1[C](C)[C](C)[C](C)[C]1C.C[C]1[C](C)[C](C)[C](C)[C]1C.[CH3-].[V]. The average Bonchev–Trinajstić information content (AvgIpc) is 2.71. The molecule has 0 nitrogen and oxygen atoms in total. The molecule has 11 radical (unpaired) electrons. The summed E-state index contributed by atoms with van der Waals surface area (Å²) in [4.78, 5) is 0. The normalized spacial score (nSPS) is 25.9. The molecule has 2 fully saturated rings. The molecule has 0 aromatic carbocycles. The third-order valence-electron chi connectivity index (χ3n) is 5.62. The van der Waals surface area contributed by atoms with Gasteiger partial charge in [0.05, 0.1) is 0 Å². The van der Waals surface area contributed by atoms with Gasteiger partial charge in [0.1, 0.15) is 0 Å². The van der Waals surface area contributed by atoms with Crippen LogP contribution in [-0.2, 0) is 18.6 Å². The zero-order chi connectivity index (χ0) is 15.8. The Morgan fingerprint density at radius 1 is 0.273 bits per heavy atom. The molecule has 0 unspecified atom stereocenters. The van der Waals surface area contributed by atoms with Crippen LogP contribution in [0.1, 0.15) is 69.2 Å². The number of hydrogen-bond acceptors (Lipinski definition) is 0. The maximum absolute atomic E-state index is 2.20. The topological polar surface area (TPSA) is 0 Å². The molecule has 0 amide bonds. The second-order valence-electron chi connectivity index (χ2n) is 6.25. The molecule has 0 bridgehead atoms. The first-order chi connectivity index (χ1) is 9.11. The summed E-state index contributed by atoms with van der Waals surface area (Å²) in [6.45, 7) is 22.0. The quantitative estimate of drug-likeness (QED) is 0.449. The molecule has 0 aromatic rings. The van der Waals surface area contributed by atoms with Gasteiger partial charge in [-0.15, -0.1) is 0 Å². The molecule has 0 atom stereocenters. The van der Waals surface area contributed by atoms with Crippen LogP contribution < -0.4 is 0 Å². The van der Waals surface area contributed by atoms with E-state index in [0.717, 1.165) is 0 Å². The summed E-state index contributed by atoms with van der Waals surface area (Å²) in [6.07, 6.45) is 0. The van der Waals surface area contributed by atoms with Crippen molar-refractivity contribution in [2.75, 3.05) is 0 Å². The van der Waals surface area contributed by atoms with Crippen LogP contribution >= 0.6 is 0 Å². The van der Waals surface area contributed by atoms with Gasteiger partial charge >= 0.3 is 0 Å². The molecule has 0 N–H and O–H groups in total. The molecule has 2 rings (SSSR count). The van der Waals surface area contributed by atoms with E-state index in [-0.39, 0.29) is 26.0 Å². The summed E-state index contributed by atoms with van der Waals surface area (Å²) in [5.41, 5.74) is 0. The third kappa shape index (κ3) is 4.79. The predicted octanol–water partition coefficient (Wildman–Crippen LogP) is 6.39. The predicted molar refractivity (Wildman–Crippen MR) is 95.6 cm³/mol. The van der Waals surface area contributed by atoms with Gasteiger partial charge in [-0.1, -0.05) is 69.2 Å². The molecule has 1 heteroatoms. The summed E-state index contributed by atoms with van der Waals surface area (Å²) in [7, 11) is 0. The monoisotopic (exact) mass is 336 g/mol. The minimum absolute atomic E-state index is 0. The first kappa shape index (κ1) is 24.8. The van der Waals surface area contributed by atoms with Gasteiger partial charge in [-0.25, -0.2) is 0 Å². The van der Waals surface area contributed by atoms with E-state index in [0.29, 0.717) is 0 Å². The summed E-state index contributed by atoms with van der Waals surface area (Å²) >= 11 is 0. The Bertz CT molecular complexity index is 181. The van der Waals surface area contributed by atoms with Crippen molar-refractivity contribution in [3.8, 4) is 0 Å². The smallest absolute Gasteiger partial charge is 0 e. The first-order valence-corrected chi connectivity index (χ1v) is 7.50. The minimum Gasteiger partial charge on any atom is -0.358 e. The molecule has 123 valence electrons. The van der Waals surface area contributed by atoms with Crippen molar-refractivity contribution >= 4 is 0 Å². The fraction of sp³-hybridized carbons (Fsp3) is 0.476. The maximum atomic E-state index is 2.20. The van der Waals surface area contributed by atoms with Crippen LogP contribution in [0.3, 0.4) is 0 Å². The number of rotatable bonds is 0. The van der Waals surface area contributed by atoms with E-state index >= 15 is 0 Å². The molecule has 0 spiro atoms. The standard InChI is InChI=1S/2C10H15.CH3.V/c2*1-6-7(2)9(4)10(5)8(6)3;;/h2*1-5H3;1H3;/q;;-1;. The van der Waals surface area contributed by atoms with Gasteiger partial charge in [-0.2, -0.15) is 0 Å². The Morgan fingerprint density at radius 3 is 0.364 bits per heavy atom. The average molecular weight is 336 g/mol. The molecule has 2 aliphatic rings. The van der Waals surface area contributed by atoms with E-state index < -0.39 is 0 Å². The van der Waals surface area contributed by atoms with Crippen molar-refractivity contribution < 1.29 is 18.6 Å². The maximum Gasteiger partial charge on any atom is 0 e. The van der Waals surface area contributed by atoms with Crippen LogP contribution in [0.15, 0.2) is 0 Å². The molecule has 0 saturated heterocycles. The Hall–Kier alpha value is 0.584. The molecule has 0 heterocycles. The summed E-state index contributed by atoms with van der Waals surface area (Å²) in [5, 5.41) is 0. The fourth-order valence-corrected chi connectivity index (χ4v) is 2.81. The Labute approximate surface area is 154 Å². The largest absolute Gasteiger partial charge is 0.358 e. The fourth-order valence-electron chi connectivity index (χ4n) is 2.81. The zero-order valence-corrected chi connectivity index (χ0v) is 17.8. The van der Waals surface area contributed by atoms with Crippen LogP contribution in [0, 0.1) is 66.6 Å². The van der Waals surface area contributed by atoms with Crippen LogP contribution in [0.4, 0.5) is 0 Å². The molecular weight excluding hydrogens is 303 g/mol. The van der Waals surface area contributed by atoms with Crippen molar-refractivity contribution in [2.45, 2.75) is 69.2 Å². The van der Waals surface area contributed by atoms with Gasteiger partial charge in [-0.3, -0.25) is 0 Å². The third-order valence-corrected chi connectivity index (χ3v) is 5.62. The van der Waals surface area contributed by atoms with E-state index in [9.17, 15) is 0 Å². The summed E-state index contributed by atoms with van der Waals surface area (Å²) in [6, 6.07) is 0. The van der Waals surface area contributed by atoms with Crippen LogP contribution in [0.25, 0.3) is 0 Å². The van der Waals surface area contributed by atoms with Gasteiger partial charge in [0.25, 0.3) is 0 Å². The van der Waals surface area contributed by atoms with Gasteiger partial charge in [0, 0.05) is 18.6 Å². The molecule has 0 aliphatic heterocycles. The summed E-state index contributed by atoms with van der Waals surface area (Å²) < 4.78 is 0. The second kappa shape index (κ2) is 9.78. The molecule has 2 aliphatic carbocycles. The van der Waals surface area contributed by atoms with Crippen LogP contribution in [0.2, 0.25) is 0 Å². The van der Waals surface area contributed by atoms with E-state index in [1.54, 1.807) is 0 Å². The van der Waals surface area contributed by atoms with Crippen molar-refractivity contribution in [2.24, 2.45) is 0 Å². The van der Waals surface area contributed by atoms with E-state index in [1.165, 1.54) is 59.2 Å². The van der Waals surface area contributed by atoms with Crippen molar-refractivity contribution in [3.63, 3.8) is 0 Å². The summed E-state index contributed by atoms with van der Waals surface area (Å²) in [5.74, 6) is 14.7. The molecule has 22 heavy (non-hydrogen) atoms. The van der Waals surface area contributed by atoms with Crippen LogP contribution in [0.5, 0.6) is 0 Å². The number of hydrogen-bond donors (Lipinski definition) is 0. The zero-order valence-electron chi connectivity index (χ0n) is 16.4. The Morgan fingerprint density at radius 2 is 0.318 bits per heavy atom. The van der Waals surface area contributed by atoms with Gasteiger partial charge < -0.3 is 7.43 Å². The van der Waals surface area contributed by atoms with E-state index in [4.69, 9.17) is 0 Å².